The van der Waals surface area contributed by atoms with E-state index < -0.39 is 12.1 Å². The molecule has 2 heterocycles. The largest absolute Gasteiger partial charge is 0.477 e. The zero-order valence-corrected chi connectivity index (χ0v) is 15.2. The van der Waals surface area contributed by atoms with Crippen molar-refractivity contribution in [2.45, 2.75) is 39.8 Å². The highest BCUT2D eigenvalue weighted by molar-refractivity contribution is 5.98. The highest BCUT2D eigenvalue weighted by Crippen LogP contribution is 2.40. The number of carbonyl (C=O) groups excluding carboxylic acids is 1. The molecule has 1 amide bonds. The van der Waals surface area contributed by atoms with Gasteiger partial charge in [-0.15, -0.1) is 0 Å². The third-order valence-electron chi connectivity index (χ3n) is 4.60. The van der Waals surface area contributed by atoms with Gasteiger partial charge in [0.25, 0.3) is 0 Å². The molecule has 7 nitrogen and oxygen atoms in total. The molecule has 0 saturated heterocycles. The lowest BCUT2D eigenvalue weighted by Crippen LogP contribution is -2.43. The van der Waals surface area contributed by atoms with E-state index >= 15 is 0 Å². The molecule has 0 spiro atoms. The summed E-state index contributed by atoms with van der Waals surface area (Å²) in [6.45, 7) is 6.75. The predicted molar refractivity (Wildman–Crippen MR) is 96.3 cm³/mol. The molecule has 1 aliphatic heterocycles. The summed E-state index contributed by atoms with van der Waals surface area (Å²) in [4.78, 5) is 25.6. The fourth-order valence-electron chi connectivity index (χ4n) is 3.26. The summed E-state index contributed by atoms with van der Waals surface area (Å²) < 4.78 is 7.05. The van der Waals surface area contributed by atoms with E-state index in [1.807, 2.05) is 30.3 Å². The van der Waals surface area contributed by atoms with E-state index in [9.17, 15) is 14.7 Å². The average Bonchev–Trinajstić information content (AvgIpc) is 3.04. The van der Waals surface area contributed by atoms with Crippen molar-refractivity contribution >= 4 is 17.9 Å². The van der Waals surface area contributed by atoms with Crippen LogP contribution in [0.1, 0.15) is 49.2 Å². The molecule has 3 rings (SSSR count). The molecule has 0 saturated carbocycles. The van der Waals surface area contributed by atoms with Crippen LogP contribution in [0.5, 0.6) is 0 Å². The van der Waals surface area contributed by atoms with Gasteiger partial charge in [0.15, 0.2) is 5.82 Å². The number of rotatable bonds is 3. The van der Waals surface area contributed by atoms with Crippen molar-refractivity contribution in [1.82, 2.24) is 9.78 Å². The number of ether oxygens (including phenoxy) is 1. The van der Waals surface area contributed by atoms with Crippen LogP contribution in [0.3, 0.4) is 0 Å². The Labute approximate surface area is 152 Å². The summed E-state index contributed by atoms with van der Waals surface area (Å²) in [5, 5.41) is 13.8. The number of carboxylic acids is 1. The molecule has 1 atom stereocenters. The number of hydrogen-bond acceptors (Lipinski definition) is 4. The Hall–Kier alpha value is -2.83. The van der Waals surface area contributed by atoms with E-state index in [-0.39, 0.29) is 23.6 Å². The van der Waals surface area contributed by atoms with Crippen LogP contribution in [0.2, 0.25) is 0 Å². The lowest BCUT2D eigenvalue weighted by molar-refractivity contribution is 0.0696. The third kappa shape index (κ3) is 3.42. The maximum absolute atomic E-state index is 12.6. The molecule has 26 heavy (non-hydrogen) atoms. The predicted octanol–water partition coefficient (Wildman–Crippen LogP) is 3.72. The Bertz CT molecular complexity index is 808. The quantitative estimate of drug-likeness (QED) is 0.905. The standard InChI is InChI=1S/C19H23N3O4/c1-19(2,3)15-9-10-21(16-14(17(23)24)11-20-22(15)16)18(25)26-12-13-7-5-4-6-8-13/h4-8,11,15H,9-10,12H2,1-3H3,(H,23,24). The average molecular weight is 357 g/mol. The summed E-state index contributed by atoms with van der Waals surface area (Å²) in [6, 6.07) is 9.37. The third-order valence-corrected chi connectivity index (χ3v) is 4.60. The van der Waals surface area contributed by atoms with E-state index in [0.29, 0.717) is 18.8 Å². The highest BCUT2D eigenvalue weighted by Gasteiger charge is 2.39. The van der Waals surface area contributed by atoms with Gasteiger partial charge in [0, 0.05) is 6.54 Å². The van der Waals surface area contributed by atoms with Crippen molar-refractivity contribution in [3.05, 3.63) is 47.7 Å². The first-order valence-corrected chi connectivity index (χ1v) is 8.58. The number of hydrogen-bond donors (Lipinski definition) is 1. The molecular formula is C19H23N3O4. The van der Waals surface area contributed by atoms with Crippen LogP contribution in [0.4, 0.5) is 10.6 Å². The monoisotopic (exact) mass is 357 g/mol. The van der Waals surface area contributed by atoms with Gasteiger partial charge < -0.3 is 9.84 Å². The molecule has 7 heteroatoms. The number of amides is 1. The Morgan fingerprint density at radius 1 is 1.27 bits per heavy atom. The number of nitrogens with zero attached hydrogens (tertiary/aromatic N) is 3. The number of carboxylic acid groups (broad SMARTS) is 1. The molecule has 1 unspecified atom stereocenters. The topological polar surface area (TPSA) is 84.7 Å². The number of carbonyl (C=O) groups is 2. The van der Waals surface area contributed by atoms with Gasteiger partial charge in [-0.1, -0.05) is 51.1 Å². The minimum Gasteiger partial charge on any atom is -0.477 e. The van der Waals surface area contributed by atoms with Crippen LogP contribution in [0, 0.1) is 5.41 Å². The first-order valence-electron chi connectivity index (χ1n) is 8.58. The first-order chi connectivity index (χ1) is 12.3. The summed E-state index contributed by atoms with van der Waals surface area (Å²) in [5.74, 6) is -0.816. The zero-order chi connectivity index (χ0) is 18.9. The van der Waals surface area contributed by atoms with Gasteiger partial charge in [-0.25, -0.2) is 14.3 Å². The molecule has 0 aliphatic carbocycles. The van der Waals surface area contributed by atoms with Gasteiger partial charge in [0.2, 0.25) is 0 Å². The molecule has 0 bridgehead atoms. The van der Waals surface area contributed by atoms with Crippen LogP contribution in [-0.2, 0) is 11.3 Å². The Kier molecular flexibility index (Phi) is 4.71. The minimum atomic E-state index is -1.11. The number of aromatic carboxylic acids is 1. The number of fused-ring (bicyclic) bond motifs is 1. The normalized spacial score (nSPS) is 16.9. The summed E-state index contributed by atoms with van der Waals surface area (Å²) in [5.41, 5.74) is 0.768. The smallest absolute Gasteiger partial charge is 0.415 e. The number of anilines is 1. The van der Waals surface area contributed by atoms with Crippen LogP contribution in [-0.4, -0.2) is 33.5 Å². The van der Waals surface area contributed by atoms with E-state index in [4.69, 9.17) is 4.74 Å². The molecule has 0 fully saturated rings. The van der Waals surface area contributed by atoms with Crippen LogP contribution in [0.25, 0.3) is 0 Å². The molecule has 1 N–H and O–H groups in total. The van der Waals surface area contributed by atoms with Gasteiger partial charge in [-0.3, -0.25) is 4.90 Å². The summed E-state index contributed by atoms with van der Waals surface area (Å²) in [7, 11) is 0. The second kappa shape index (κ2) is 6.82. The fraction of sp³-hybridized carbons (Fsp3) is 0.421. The van der Waals surface area contributed by atoms with Gasteiger partial charge in [0.05, 0.1) is 12.2 Å². The fourth-order valence-corrected chi connectivity index (χ4v) is 3.26. The maximum atomic E-state index is 12.6. The van der Waals surface area contributed by atoms with Gasteiger partial charge in [0.1, 0.15) is 12.2 Å². The Morgan fingerprint density at radius 2 is 1.96 bits per heavy atom. The van der Waals surface area contributed by atoms with Crippen LogP contribution in [0.15, 0.2) is 36.5 Å². The molecule has 138 valence electrons. The first kappa shape index (κ1) is 18.0. The lowest BCUT2D eigenvalue weighted by atomic mass is 9.84. The van der Waals surface area contributed by atoms with E-state index in [1.165, 1.54) is 11.1 Å². The maximum Gasteiger partial charge on any atom is 0.415 e. The Balaban J connectivity index is 1.87. The number of aromatic nitrogens is 2. The SMILES string of the molecule is CC(C)(C)C1CCN(C(=O)OCc2ccccc2)c2c(C(=O)O)cnn21. The second-order valence-corrected chi connectivity index (χ2v) is 7.49. The molecule has 0 radical (unpaired) electrons. The van der Waals surface area contributed by atoms with Crippen molar-refractivity contribution in [2.75, 3.05) is 11.4 Å². The van der Waals surface area contributed by atoms with Gasteiger partial charge in [-0.05, 0) is 17.4 Å². The van der Waals surface area contributed by atoms with Crippen LogP contribution < -0.4 is 4.90 Å². The van der Waals surface area contributed by atoms with Gasteiger partial charge in [-0.2, -0.15) is 5.10 Å². The molecule has 1 aromatic heterocycles. The van der Waals surface area contributed by atoms with Crippen molar-refractivity contribution < 1.29 is 19.4 Å². The van der Waals surface area contributed by atoms with Crippen molar-refractivity contribution in [3.8, 4) is 0 Å². The summed E-state index contributed by atoms with van der Waals surface area (Å²) >= 11 is 0. The van der Waals surface area contributed by atoms with Crippen molar-refractivity contribution in [3.63, 3.8) is 0 Å². The van der Waals surface area contributed by atoms with Crippen LogP contribution >= 0.6 is 0 Å². The minimum absolute atomic E-state index is 0.00349. The number of benzene rings is 1. The Morgan fingerprint density at radius 3 is 2.58 bits per heavy atom. The molecule has 2 aromatic rings. The molecular weight excluding hydrogens is 334 g/mol. The second-order valence-electron chi connectivity index (χ2n) is 7.49. The summed E-state index contributed by atoms with van der Waals surface area (Å²) in [6.07, 6.45) is 1.42. The molecule has 1 aromatic carbocycles. The molecule has 1 aliphatic rings. The highest BCUT2D eigenvalue weighted by atomic mass is 16.6. The van der Waals surface area contributed by atoms with Crippen molar-refractivity contribution in [1.29, 1.82) is 0 Å². The van der Waals surface area contributed by atoms with E-state index in [0.717, 1.165) is 5.56 Å². The zero-order valence-electron chi connectivity index (χ0n) is 15.2. The lowest BCUT2D eigenvalue weighted by Gasteiger charge is -2.39. The van der Waals surface area contributed by atoms with Crippen molar-refractivity contribution in [2.24, 2.45) is 5.41 Å². The van der Waals surface area contributed by atoms with E-state index in [1.54, 1.807) is 4.68 Å². The van der Waals surface area contributed by atoms with Gasteiger partial charge >= 0.3 is 12.1 Å². The van der Waals surface area contributed by atoms with E-state index in [2.05, 4.69) is 25.9 Å².